The highest BCUT2D eigenvalue weighted by molar-refractivity contribution is 7.27. The Balaban J connectivity index is 1.18. The third kappa shape index (κ3) is 3.66. The number of rotatable bonds is 3. The molecule has 7 aromatic carbocycles. The first kappa shape index (κ1) is 25.1. The van der Waals surface area contributed by atoms with E-state index in [9.17, 15) is 0 Å². The SMILES string of the molecule is c1ccc(-c2cccc3c2sc2c3ccc3c2c2ccccc2n3-c2ccc(-c3cccc4c3sc3ccccc34)cc2)cc1. The van der Waals surface area contributed by atoms with Crippen molar-refractivity contribution in [1.82, 2.24) is 4.57 Å². The maximum absolute atomic E-state index is 2.44. The molecule has 0 aliphatic rings. The predicted molar refractivity (Wildman–Crippen MR) is 197 cm³/mol. The van der Waals surface area contributed by atoms with Crippen molar-refractivity contribution >= 4 is 84.8 Å². The van der Waals surface area contributed by atoms with Crippen LogP contribution >= 0.6 is 22.7 Å². The molecule has 210 valence electrons. The van der Waals surface area contributed by atoms with Crippen LogP contribution in [0.2, 0.25) is 0 Å². The molecule has 10 aromatic rings. The first-order valence-corrected chi connectivity index (χ1v) is 16.9. The summed E-state index contributed by atoms with van der Waals surface area (Å²) in [4.78, 5) is 0. The van der Waals surface area contributed by atoms with Crippen LogP contribution < -0.4 is 0 Å². The molecule has 0 atom stereocenters. The Labute approximate surface area is 267 Å². The highest BCUT2D eigenvalue weighted by Crippen LogP contribution is 2.46. The number of hydrogen-bond acceptors (Lipinski definition) is 2. The van der Waals surface area contributed by atoms with Crippen molar-refractivity contribution in [2.75, 3.05) is 0 Å². The van der Waals surface area contributed by atoms with E-state index in [1.54, 1.807) is 0 Å². The third-order valence-corrected chi connectivity index (χ3v) is 11.7. The van der Waals surface area contributed by atoms with Crippen LogP contribution in [-0.2, 0) is 0 Å². The lowest BCUT2D eigenvalue weighted by Gasteiger charge is -2.10. The fourth-order valence-electron chi connectivity index (χ4n) is 7.20. The summed E-state index contributed by atoms with van der Waals surface area (Å²) in [5.74, 6) is 0. The summed E-state index contributed by atoms with van der Waals surface area (Å²) in [7, 11) is 0. The standard InChI is InChI=1S/C42H25NS2/c1-2-10-26(11-3-1)29-14-9-17-33-34-24-25-37-39(42(34)45-41(29)33)35-13-4-6-18-36(35)43(37)28-22-20-27(21-23-28)30-15-8-16-32-31-12-5-7-19-38(31)44-40(30)32/h1-25H. The zero-order chi connectivity index (χ0) is 29.5. The number of thiophene rings is 2. The van der Waals surface area contributed by atoms with Crippen molar-refractivity contribution in [3.8, 4) is 27.9 Å². The molecule has 3 aromatic heterocycles. The van der Waals surface area contributed by atoms with Gasteiger partial charge in [-0.1, -0.05) is 121 Å². The lowest BCUT2D eigenvalue weighted by Crippen LogP contribution is -1.93. The number of fused-ring (bicyclic) bond motifs is 10. The minimum absolute atomic E-state index is 1.18. The molecule has 0 radical (unpaired) electrons. The number of para-hydroxylation sites is 1. The molecular formula is C42H25NS2. The molecule has 0 unspecified atom stereocenters. The normalized spacial score (nSPS) is 12.0. The second kappa shape index (κ2) is 9.64. The van der Waals surface area contributed by atoms with Crippen molar-refractivity contribution in [3.05, 3.63) is 152 Å². The van der Waals surface area contributed by atoms with Crippen LogP contribution in [0.25, 0.3) is 90.1 Å². The molecule has 45 heavy (non-hydrogen) atoms. The maximum Gasteiger partial charge on any atom is 0.0555 e. The van der Waals surface area contributed by atoms with Crippen LogP contribution in [0.3, 0.4) is 0 Å². The molecule has 0 fully saturated rings. The van der Waals surface area contributed by atoms with E-state index in [1.807, 2.05) is 22.7 Å². The molecule has 1 nitrogen and oxygen atoms in total. The highest BCUT2D eigenvalue weighted by Gasteiger charge is 2.19. The molecule has 0 aliphatic heterocycles. The van der Waals surface area contributed by atoms with E-state index >= 15 is 0 Å². The molecule has 0 N–H and O–H groups in total. The molecule has 0 aliphatic carbocycles. The Morgan fingerprint density at radius 1 is 0.356 bits per heavy atom. The molecule has 0 saturated carbocycles. The Hall–Kier alpha value is -5.22. The summed E-state index contributed by atoms with van der Waals surface area (Å²) < 4.78 is 7.84. The fraction of sp³-hybridized carbons (Fsp3) is 0. The first-order chi connectivity index (χ1) is 22.3. The number of hydrogen-bond donors (Lipinski definition) is 0. The van der Waals surface area contributed by atoms with Crippen LogP contribution in [0.1, 0.15) is 0 Å². The van der Waals surface area contributed by atoms with Crippen LogP contribution in [0, 0.1) is 0 Å². The number of aromatic nitrogens is 1. The topological polar surface area (TPSA) is 4.93 Å². The fourth-order valence-corrected chi connectivity index (χ4v) is 9.83. The van der Waals surface area contributed by atoms with E-state index in [4.69, 9.17) is 0 Å². The summed E-state index contributed by atoms with van der Waals surface area (Å²) in [5, 5.41) is 7.96. The molecular weight excluding hydrogens is 583 g/mol. The summed E-state index contributed by atoms with van der Waals surface area (Å²) >= 11 is 3.81. The zero-order valence-electron chi connectivity index (χ0n) is 24.2. The number of nitrogens with zero attached hydrogens (tertiary/aromatic N) is 1. The lowest BCUT2D eigenvalue weighted by atomic mass is 10.0. The Kier molecular flexibility index (Phi) is 5.39. The van der Waals surface area contributed by atoms with Gasteiger partial charge in [-0.05, 0) is 52.6 Å². The maximum atomic E-state index is 2.44. The average Bonchev–Trinajstić information content (AvgIpc) is 3.78. The quantitative estimate of drug-likeness (QED) is 0.188. The van der Waals surface area contributed by atoms with Crippen LogP contribution in [0.15, 0.2) is 152 Å². The van der Waals surface area contributed by atoms with Gasteiger partial charge in [0.05, 0.1) is 11.0 Å². The monoisotopic (exact) mass is 607 g/mol. The van der Waals surface area contributed by atoms with E-state index in [2.05, 4.69) is 156 Å². The predicted octanol–water partition coefficient (Wildman–Crippen LogP) is 12.9. The van der Waals surface area contributed by atoms with Gasteiger partial charge in [-0.3, -0.25) is 0 Å². The second-order valence-electron chi connectivity index (χ2n) is 11.7. The van der Waals surface area contributed by atoms with E-state index in [0.717, 1.165) is 0 Å². The summed E-state index contributed by atoms with van der Waals surface area (Å²) in [6.45, 7) is 0. The summed E-state index contributed by atoms with van der Waals surface area (Å²) in [5.41, 5.74) is 8.77. The van der Waals surface area contributed by atoms with Crippen molar-refractivity contribution in [3.63, 3.8) is 0 Å². The first-order valence-electron chi connectivity index (χ1n) is 15.3. The van der Waals surface area contributed by atoms with Gasteiger partial charge in [0.15, 0.2) is 0 Å². The van der Waals surface area contributed by atoms with Gasteiger partial charge in [0.25, 0.3) is 0 Å². The molecule has 0 saturated heterocycles. The molecule has 3 heteroatoms. The molecule has 0 spiro atoms. The van der Waals surface area contributed by atoms with Gasteiger partial charge in [-0.15, -0.1) is 22.7 Å². The Morgan fingerprint density at radius 3 is 1.76 bits per heavy atom. The van der Waals surface area contributed by atoms with Crippen LogP contribution in [0.5, 0.6) is 0 Å². The Bertz CT molecular complexity index is 2740. The Morgan fingerprint density at radius 2 is 0.956 bits per heavy atom. The zero-order valence-corrected chi connectivity index (χ0v) is 25.8. The lowest BCUT2D eigenvalue weighted by molar-refractivity contribution is 1.18. The van der Waals surface area contributed by atoms with Gasteiger partial charge in [-0.25, -0.2) is 0 Å². The van der Waals surface area contributed by atoms with E-state index in [0.29, 0.717) is 0 Å². The van der Waals surface area contributed by atoms with Gasteiger partial charge < -0.3 is 4.57 Å². The van der Waals surface area contributed by atoms with Crippen molar-refractivity contribution in [2.45, 2.75) is 0 Å². The molecule has 0 amide bonds. The van der Waals surface area contributed by atoms with Gasteiger partial charge in [0.1, 0.15) is 0 Å². The van der Waals surface area contributed by atoms with Gasteiger partial charge in [-0.2, -0.15) is 0 Å². The average molecular weight is 608 g/mol. The minimum Gasteiger partial charge on any atom is -0.309 e. The van der Waals surface area contributed by atoms with E-state index < -0.39 is 0 Å². The minimum atomic E-state index is 1.18. The largest absolute Gasteiger partial charge is 0.309 e. The van der Waals surface area contributed by atoms with Crippen molar-refractivity contribution in [2.24, 2.45) is 0 Å². The molecule has 0 bridgehead atoms. The van der Waals surface area contributed by atoms with Crippen LogP contribution in [0.4, 0.5) is 0 Å². The molecule has 3 heterocycles. The van der Waals surface area contributed by atoms with Crippen molar-refractivity contribution < 1.29 is 0 Å². The van der Waals surface area contributed by atoms with Gasteiger partial charge in [0, 0.05) is 56.8 Å². The highest BCUT2D eigenvalue weighted by atomic mass is 32.1. The third-order valence-electron chi connectivity index (χ3n) is 9.23. The van der Waals surface area contributed by atoms with Gasteiger partial charge >= 0.3 is 0 Å². The van der Waals surface area contributed by atoms with E-state index in [1.165, 1.54) is 90.1 Å². The summed E-state index contributed by atoms with van der Waals surface area (Å²) in [6, 6.07) is 55.6. The van der Waals surface area contributed by atoms with Crippen LogP contribution in [-0.4, -0.2) is 4.57 Å². The van der Waals surface area contributed by atoms with E-state index in [-0.39, 0.29) is 0 Å². The molecule has 10 rings (SSSR count). The second-order valence-corrected chi connectivity index (χ2v) is 13.7. The van der Waals surface area contributed by atoms with Gasteiger partial charge in [0.2, 0.25) is 0 Å². The number of benzene rings is 7. The summed E-state index contributed by atoms with van der Waals surface area (Å²) in [6.07, 6.45) is 0. The van der Waals surface area contributed by atoms with Crippen molar-refractivity contribution in [1.29, 1.82) is 0 Å². The smallest absolute Gasteiger partial charge is 0.0555 e.